The van der Waals surface area contributed by atoms with Crippen LogP contribution in [-0.2, 0) is 22.6 Å². The summed E-state index contributed by atoms with van der Waals surface area (Å²) in [5.74, 6) is 1.41. The molecule has 0 bridgehead atoms. The van der Waals surface area contributed by atoms with E-state index in [0.717, 1.165) is 45.4 Å². The molecule has 1 atom stereocenters. The molecule has 0 aliphatic carbocycles. The molecule has 29 heavy (non-hydrogen) atoms. The molecule has 1 heterocycles. The monoisotopic (exact) mass is 518 g/mol. The van der Waals surface area contributed by atoms with Crippen molar-refractivity contribution in [1.29, 1.82) is 0 Å². The van der Waals surface area contributed by atoms with Gasteiger partial charge in [0.1, 0.15) is 0 Å². The van der Waals surface area contributed by atoms with Crippen molar-refractivity contribution < 1.29 is 9.47 Å². The average molecular weight is 518 g/mol. The lowest BCUT2D eigenvalue weighted by atomic mass is 10.0. The molecule has 1 unspecified atom stereocenters. The Kier molecular flexibility index (Phi) is 12.8. The van der Waals surface area contributed by atoms with Gasteiger partial charge >= 0.3 is 0 Å². The third kappa shape index (κ3) is 9.63. The van der Waals surface area contributed by atoms with Crippen LogP contribution in [0, 0.1) is 5.92 Å². The summed E-state index contributed by atoms with van der Waals surface area (Å²) in [6.45, 7) is 14.6. The third-order valence-electron chi connectivity index (χ3n) is 5.02. The summed E-state index contributed by atoms with van der Waals surface area (Å²) in [7, 11) is 1.82. The Hall–Kier alpha value is -0.900. The van der Waals surface area contributed by atoms with E-state index >= 15 is 0 Å². The quantitative estimate of drug-likeness (QED) is 0.299. The molecule has 1 aromatic rings. The normalized spacial score (nSPS) is 16.6. The number of nitrogens with zero attached hydrogens (tertiary/aromatic N) is 2. The van der Waals surface area contributed by atoms with Gasteiger partial charge in [0.15, 0.2) is 5.96 Å². The van der Waals surface area contributed by atoms with Gasteiger partial charge in [-0.1, -0.05) is 38.1 Å². The molecule has 0 aromatic heterocycles. The topological polar surface area (TPSA) is 58.1 Å². The van der Waals surface area contributed by atoms with Gasteiger partial charge in [0.25, 0.3) is 0 Å². The van der Waals surface area contributed by atoms with E-state index in [4.69, 9.17) is 9.47 Å². The Morgan fingerprint density at radius 1 is 1.14 bits per heavy atom. The van der Waals surface area contributed by atoms with Gasteiger partial charge in [0.2, 0.25) is 0 Å². The highest BCUT2D eigenvalue weighted by Gasteiger charge is 2.23. The first-order valence-electron chi connectivity index (χ1n) is 10.4. The van der Waals surface area contributed by atoms with Gasteiger partial charge in [-0.05, 0) is 30.9 Å². The van der Waals surface area contributed by atoms with Gasteiger partial charge < -0.3 is 20.1 Å². The summed E-state index contributed by atoms with van der Waals surface area (Å²) < 4.78 is 11.2. The van der Waals surface area contributed by atoms with Gasteiger partial charge in [0.05, 0.1) is 25.9 Å². The van der Waals surface area contributed by atoms with Crippen molar-refractivity contribution >= 4 is 29.9 Å². The summed E-state index contributed by atoms with van der Waals surface area (Å²) in [4.78, 5) is 6.91. The predicted octanol–water partition coefficient (Wildman–Crippen LogP) is 3.25. The number of aliphatic imine (C=N–C) groups is 1. The molecule has 0 radical (unpaired) electrons. The first kappa shape index (κ1) is 26.1. The Morgan fingerprint density at radius 3 is 2.45 bits per heavy atom. The minimum atomic E-state index is 0. The van der Waals surface area contributed by atoms with Crippen LogP contribution >= 0.6 is 24.0 Å². The first-order chi connectivity index (χ1) is 13.5. The molecule has 2 rings (SSSR count). The van der Waals surface area contributed by atoms with Gasteiger partial charge in [-0.25, -0.2) is 0 Å². The zero-order valence-corrected chi connectivity index (χ0v) is 20.9. The highest BCUT2D eigenvalue weighted by molar-refractivity contribution is 14.0. The van der Waals surface area contributed by atoms with Gasteiger partial charge in [-0.3, -0.25) is 9.89 Å². The Bertz CT molecular complexity index is 604. The van der Waals surface area contributed by atoms with Crippen LogP contribution in [0.3, 0.4) is 0 Å². The molecule has 0 saturated carbocycles. The van der Waals surface area contributed by atoms with Crippen LogP contribution in [-0.4, -0.2) is 62.9 Å². The number of ether oxygens (including phenoxy) is 2. The predicted molar refractivity (Wildman–Crippen MR) is 131 cm³/mol. The number of halogens is 1. The number of benzene rings is 1. The van der Waals surface area contributed by atoms with Crippen LogP contribution in [0.5, 0.6) is 0 Å². The van der Waals surface area contributed by atoms with Crippen LogP contribution in [0.4, 0.5) is 0 Å². The fourth-order valence-corrected chi connectivity index (χ4v) is 3.40. The third-order valence-corrected chi connectivity index (χ3v) is 5.02. The molecule has 166 valence electrons. The van der Waals surface area contributed by atoms with E-state index in [9.17, 15) is 0 Å². The molecule has 0 amide bonds. The van der Waals surface area contributed by atoms with Crippen molar-refractivity contribution in [2.45, 2.75) is 53.0 Å². The number of hydrogen-bond donors (Lipinski definition) is 2. The molecule has 7 heteroatoms. The second kappa shape index (κ2) is 14.2. The van der Waals surface area contributed by atoms with Crippen molar-refractivity contribution in [3.05, 3.63) is 35.4 Å². The summed E-state index contributed by atoms with van der Waals surface area (Å²) in [5.41, 5.74) is 2.42. The standard InChI is InChI=1S/C22H38N4O2.HI/c1-17(2)21(26-9-11-27-12-10-26)15-25-22(23-5)24-14-19-7-6-8-20(13-19)16-28-18(3)4;/h6-8,13,17-18,21H,9-12,14-16H2,1-5H3,(H2,23,24,25);1H. The first-order valence-corrected chi connectivity index (χ1v) is 10.4. The fourth-order valence-electron chi connectivity index (χ4n) is 3.40. The lowest BCUT2D eigenvalue weighted by molar-refractivity contribution is 0.00752. The van der Waals surface area contributed by atoms with Crippen molar-refractivity contribution in [2.24, 2.45) is 10.9 Å². The highest BCUT2D eigenvalue weighted by Crippen LogP contribution is 2.12. The lowest BCUT2D eigenvalue weighted by Gasteiger charge is -2.37. The van der Waals surface area contributed by atoms with Crippen LogP contribution in [0.1, 0.15) is 38.8 Å². The van der Waals surface area contributed by atoms with E-state index in [2.05, 4.69) is 72.5 Å². The maximum atomic E-state index is 5.70. The molecular formula is C22H39IN4O2. The van der Waals surface area contributed by atoms with E-state index in [1.165, 1.54) is 11.1 Å². The molecule has 6 nitrogen and oxygen atoms in total. The number of morpholine rings is 1. The smallest absolute Gasteiger partial charge is 0.191 e. The van der Waals surface area contributed by atoms with E-state index in [-0.39, 0.29) is 30.1 Å². The summed E-state index contributed by atoms with van der Waals surface area (Å²) in [5, 5.41) is 6.93. The second-order valence-corrected chi connectivity index (χ2v) is 7.95. The van der Waals surface area contributed by atoms with Gasteiger partial charge in [0, 0.05) is 39.3 Å². The van der Waals surface area contributed by atoms with E-state index in [1.807, 2.05) is 7.05 Å². The summed E-state index contributed by atoms with van der Waals surface area (Å²) >= 11 is 0. The van der Waals surface area contributed by atoms with Crippen LogP contribution in [0.15, 0.2) is 29.3 Å². The van der Waals surface area contributed by atoms with Gasteiger partial charge in [-0.15, -0.1) is 24.0 Å². The van der Waals surface area contributed by atoms with Crippen molar-refractivity contribution in [3.63, 3.8) is 0 Å². The second-order valence-electron chi connectivity index (χ2n) is 7.95. The summed E-state index contributed by atoms with van der Waals surface area (Å²) in [6, 6.07) is 8.98. The Morgan fingerprint density at radius 2 is 1.83 bits per heavy atom. The minimum Gasteiger partial charge on any atom is -0.379 e. The molecule has 1 aliphatic heterocycles. The van der Waals surface area contributed by atoms with Crippen LogP contribution in [0.25, 0.3) is 0 Å². The van der Waals surface area contributed by atoms with Crippen molar-refractivity contribution in [1.82, 2.24) is 15.5 Å². The van der Waals surface area contributed by atoms with Crippen molar-refractivity contribution in [2.75, 3.05) is 39.9 Å². The zero-order valence-electron chi connectivity index (χ0n) is 18.6. The van der Waals surface area contributed by atoms with E-state index in [1.54, 1.807) is 0 Å². The fraction of sp³-hybridized carbons (Fsp3) is 0.682. The molecule has 1 saturated heterocycles. The Labute approximate surface area is 193 Å². The molecule has 2 N–H and O–H groups in total. The molecule has 1 aromatic carbocycles. The number of rotatable bonds is 9. The van der Waals surface area contributed by atoms with Gasteiger partial charge in [-0.2, -0.15) is 0 Å². The largest absolute Gasteiger partial charge is 0.379 e. The lowest BCUT2D eigenvalue weighted by Crippen LogP contribution is -2.52. The van der Waals surface area contributed by atoms with E-state index in [0.29, 0.717) is 18.6 Å². The van der Waals surface area contributed by atoms with E-state index < -0.39 is 0 Å². The number of nitrogens with one attached hydrogen (secondary N) is 2. The average Bonchev–Trinajstić information content (AvgIpc) is 2.69. The number of guanidine groups is 1. The van der Waals surface area contributed by atoms with Crippen LogP contribution < -0.4 is 10.6 Å². The Balaban J connectivity index is 0.00000420. The summed E-state index contributed by atoms with van der Waals surface area (Å²) in [6.07, 6.45) is 0.241. The maximum Gasteiger partial charge on any atom is 0.191 e. The maximum absolute atomic E-state index is 5.70. The van der Waals surface area contributed by atoms with Crippen molar-refractivity contribution in [3.8, 4) is 0 Å². The zero-order chi connectivity index (χ0) is 20.4. The highest BCUT2D eigenvalue weighted by atomic mass is 127. The van der Waals surface area contributed by atoms with Crippen LogP contribution in [0.2, 0.25) is 0 Å². The molecule has 1 fully saturated rings. The SMILES string of the molecule is CN=C(NCc1cccc(COC(C)C)c1)NCC(C(C)C)N1CCOCC1.I. The minimum absolute atomic E-state index is 0. The molecular weight excluding hydrogens is 479 g/mol. The molecule has 1 aliphatic rings. The molecule has 0 spiro atoms. The number of hydrogen-bond acceptors (Lipinski definition) is 4.